The van der Waals surface area contributed by atoms with Gasteiger partial charge >= 0.3 is 0 Å². The molecule has 6 heteroatoms. The van der Waals surface area contributed by atoms with Crippen molar-refractivity contribution in [3.8, 4) is 11.6 Å². The number of halogens is 2. The van der Waals surface area contributed by atoms with Crippen LogP contribution in [0.5, 0.6) is 5.88 Å². The zero-order valence-electron chi connectivity index (χ0n) is 10.7. The van der Waals surface area contributed by atoms with E-state index in [9.17, 15) is 0 Å². The molecule has 0 aliphatic rings. The van der Waals surface area contributed by atoms with Gasteiger partial charge < -0.3 is 4.74 Å². The minimum absolute atomic E-state index is 0.314. The SMILES string of the molecule is COc1ccc2nc(CCl)n(-c3ccc(Br)cc3)c2n1. The fraction of sp³-hybridized carbons (Fsp3) is 0.143. The van der Waals surface area contributed by atoms with E-state index in [1.807, 2.05) is 34.9 Å². The number of ether oxygens (including phenoxy) is 1. The highest BCUT2D eigenvalue weighted by Crippen LogP contribution is 2.24. The van der Waals surface area contributed by atoms with Gasteiger partial charge in [-0.15, -0.1) is 11.6 Å². The van der Waals surface area contributed by atoms with Crippen LogP contribution in [0.4, 0.5) is 0 Å². The maximum absolute atomic E-state index is 6.01. The molecule has 0 amide bonds. The molecule has 0 aliphatic heterocycles. The summed E-state index contributed by atoms with van der Waals surface area (Å²) in [6, 6.07) is 11.6. The second-order valence-corrected chi connectivity index (χ2v) is 5.35. The molecule has 20 heavy (non-hydrogen) atoms. The van der Waals surface area contributed by atoms with E-state index in [1.54, 1.807) is 13.2 Å². The Labute approximate surface area is 129 Å². The molecular weight excluding hydrogens is 342 g/mol. The Morgan fingerprint density at radius 1 is 1.15 bits per heavy atom. The average Bonchev–Trinajstić information content (AvgIpc) is 2.85. The number of alkyl halides is 1. The van der Waals surface area contributed by atoms with Gasteiger partial charge in [0, 0.05) is 16.2 Å². The molecule has 0 bridgehead atoms. The first-order valence-electron chi connectivity index (χ1n) is 5.97. The van der Waals surface area contributed by atoms with E-state index in [0.717, 1.165) is 27.1 Å². The molecule has 1 aromatic carbocycles. The number of pyridine rings is 1. The fourth-order valence-electron chi connectivity index (χ4n) is 2.05. The molecule has 4 nitrogen and oxygen atoms in total. The molecule has 0 unspecified atom stereocenters. The molecule has 2 heterocycles. The van der Waals surface area contributed by atoms with E-state index in [2.05, 4.69) is 25.9 Å². The monoisotopic (exact) mass is 351 g/mol. The summed E-state index contributed by atoms with van der Waals surface area (Å²) >= 11 is 9.44. The van der Waals surface area contributed by atoms with Gasteiger partial charge in [0.25, 0.3) is 0 Å². The Hall–Kier alpha value is -1.59. The molecule has 0 radical (unpaired) electrons. The Balaban J connectivity index is 2.28. The van der Waals surface area contributed by atoms with Gasteiger partial charge in [-0.1, -0.05) is 15.9 Å². The van der Waals surface area contributed by atoms with E-state index >= 15 is 0 Å². The fourth-order valence-corrected chi connectivity index (χ4v) is 2.50. The van der Waals surface area contributed by atoms with Crippen molar-refractivity contribution < 1.29 is 4.74 Å². The van der Waals surface area contributed by atoms with Gasteiger partial charge in [-0.05, 0) is 30.3 Å². The molecule has 0 spiro atoms. The van der Waals surface area contributed by atoms with Crippen LogP contribution in [0.1, 0.15) is 5.82 Å². The standard InChI is InChI=1S/C14H11BrClN3O/c1-20-13-7-6-11-14(18-13)19(12(8-16)17-11)10-4-2-9(15)3-5-10/h2-7H,8H2,1H3. The first kappa shape index (κ1) is 13.4. The van der Waals surface area contributed by atoms with E-state index in [-0.39, 0.29) is 0 Å². The molecule has 3 aromatic rings. The number of aromatic nitrogens is 3. The zero-order valence-corrected chi connectivity index (χ0v) is 13.0. The smallest absolute Gasteiger partial charge is 0.215 e. The van der Waals surface area contributed by atoms with Crippen LogP contribution in [0.2, 0.25) is 0 Å². The van der Waals surface area contributed by atoms with Crippen LogP contribution in [-0.4, -0.2) is 21.6 Å². The number of nitrogens with zero attached hydrogens (tertiary/aromatic N) is 3. The molecule has 102 valence electrons. The van der Waals surface area contributed by atoms with E-state index in [1.165, 1.54) is 0 Å². The maximum atomic E-state index is 6.01. The van der Waals surface area contributed by atoms with Crippen LogP contribution in [0.3, 0.4) is 0 Å². The third-order valence-electron chi connectivity index (χ3n) is 2.96. The quantitative estimate of drug-likeness (QED) is 0.671. The summed E-state index contributed by atoms with van der Waals surface area (Å²) in [5, 5.41) is 0. The van der Waals surface area contributed by atoms with Gasteiger partial charge in [0.15, 0.2) is 5.65 Å². The van der Waals surface area contributed by atoms with Crippen LogP contribution < -0.4 is 4.74 Å². The van der Waals surface area contributed by atoms with Crippen molar-refractivity contribution in [1.29, 1.82) is 0 Å². The topological polar surface area (TPSA) is 39.9 Å². The number of benzene rings is 1. The lowest BCUT2D eigenvalue weighted by Crippen LogP contribution is -2.00. The summed E-state index contributed by atoms with van der Waals surface area (Å²) in [6.45, 7) is 0. The van der Waals surface area contributed by atoms with E-state index < -0.39 is 0 Å². The predicted molar refractivity (Wildman–Crippen MR) is 82.7 cm³/mol. The van der Waals surface area contributed by atoms with E-state index in [4.69, 9.17) is 16.3 Å². The van der Waals surface area contributed by atoms with Gasteiger partial charge in [0.05, 0.1) is 13.0 Å². The molecule has 0 atom stereocenters. The largest absolute Gasteiger partial charge is 0.481 e. The van der Waals surface area contributed by atoms with Crippen molar-refractivity contribution in [2.75, 3.05) is 7.11 Å². The first-order chi connectivity index (χ1) is 9.72. The van der Waals surface area contributed by atoms with Crippen LogP contribution in [0.15, 0.2) is 40.9 Å². The number of rotatable bonds is 3. The van der Waals surface area contributed by atoms with Gasteiger partial charge in [-0.2, -0.15) is 4.98 Å². The van der Waals surface area contributed by atoms with Crippen molar-refractivity contribution in [1.82, 2.24) is 14.5 Å². The number of hydrogen-bond donors (Lipinski definition) is 0. The lowest BCUT2D eigenvalue weighted by molar-refractivity contribution is 0.399. The van der Waals surface area contributed by atoms with Crippen LogP contribution >= 0.6 is 27.5 Å². The Bertz CT molecular complexity index is 755. The highest BCUT2D eigenvalue weighted by atomic mass is 79.9. The maximum Gasteiger partial charge on any atom is 0.215 e. The summed E-state index contributed by atoms with van der Waals surface area (Å²) < 4.78 is 8.14. The molecule has 0 aliphatic carbocycles. The van der Waals surface area contributed by atoms with Crippen LogP contribution in [-0.2, 0) is 5.88 Å². The average molecular weight is 353 g/mol. The molecule has 3 rings (SSSR count). The number of imidazole rings is 1. The first-order valence-corrected chi connectivity index (χ1v) is 7.30. The summed E-state index contributed by atoms with van der Waals surface area (Å²) in [5.41, 5.74) is 2.50. The lowest BCUT2D eigenvalue weighted by atomic mass is 10.3. The molecule has 0 N–H and O–H groups in total. The second kappa shape index (κ2) is 5.42. The molecule has 0 fully saturated rings. The summed E-state index contributed by atoms with van der Waals surface area (Å²) in [4.78, 5) is 8.98. The number of methoxy groups -OCH3 is 1. The van der Waals surface area contributed by atoms with E-state index in [0.29, 0.717) is 11.8 Å². The summed E-state index contributed by atoms with van der Waals surface area (Å²) in [6.07, 6.45) is 0. The number of hydrogen-bond acceptors (Lipinski definition) is 3. The zero-order chi connectivity index (χ0) is 14.1. The number of fused-ring (bicyclic) bond motifs is 1. The van der Waals surface area contributed by atoms with Crippen LogP contribution in [0, 0.1) is 0 Å². The van der Waals surface area contributed by atoms with Crippen molar-refractivity contribution in [3.63, 3.8) is 0 Å². The summed E-state index contributed by atoms with van der Waals surface area (Å²) in [5.74, 6) is 1.62. The molecular formula is C14H11BrClN3O. The van der Waals surface area contributed by atoms with Gasteiger partial charge in [-0.25, -0.2) is 4.98 Å². The molecule has 2 aromatic heterocycles. The molecule has 0 saturated carbocycles. The van der Waals surface area contributed by atoms with Crippen molar-refractivity contribution in [3.05, 3.63) is 46.7 Å². The second-order valence-electron chi connectivity index (χ2n) is 4.17. The predicted octanol–water partition coefficient (Wildman–Crippen LogP) is 3.93. The third kappa shape index (κ3) is 2.27. The molecule has 0 saturated heterocycles. The Morgan fingerprint density at radius 3 is 2.55 bits per heavy atom. The van der Waals surface area contributed by atoms with Crippen LogP contribution in [0.25, 0.3) is 16.9 Å². The lowest BCUT2D eigenvalue weighted by Gasteiger charge is -2.07. The summed E-state index contributed by atoms with van der Waals surface area (Å²) in [7, 11) is 1.59. The highest BCUT2D eigenvalue weighted by molar-refractivity contribution is 9.10. The van der Waals surface area contributed by atoms with Gasteiger partial charge in [0.1, 0.15) is 11.3 Å². The normalized spacial score (nSPS) is 10.9. The minimum atomic E-state index is 0.314. The van der Waals surface area contributed by atoms with Crippen molar-refractivity contribution in [2.45, 2.75) is 5.88 Å². The minimum Gasteiger partial charge on any atom is -0.481 e. The van der Waals surface area contributed by atoms with Gasteiger partial charge in [0.2, 0.25) is 5.88 Å². The highest BCUT2D eigenvalue weighted by Gasteiger charge is 2.13. The van der Waals surface area contributed by atoms with Crippen molar-refractivity contribution >= 4 is 38.7 Å². The Morgan fingerprint density at radius 2 is 1.90 bits per heavy atom. The third-order valence-corrected chi connectivity index (χ3v) is 3.73. The van der Waals surface area contributed by atoms with Crippen molar-refractivity contribution in [2.24, 2.45) is 0 Å². The Kier molecular flexibility index (Phi) is 3.63. The van der Waals surface area contributed by atoms with Gasteiger partial charge in [-0.3, -0.25) is 4.57 Å².